The molecule has 7 heteroatoms. The van der Waals surface area contributed by atoms with Gasteiger partial charge in [-0.3, -0.25) is 9.79 Å². The zero-order valence-corrected chi connectivity index (χ0v) is 16.1. The first-order valence-electron chi connectivity index (χ1n) is 8.30. The summed E-state index contributed by atoms with van der Waals surface area (Å²) < 4.78 is 12.4. The summed E-state index contributed by atoms with van der Waals surface area (Å²) in [4.78, 5) is 17.0. The smallest absolute Gasteiger partial charge is 0.237 e. The fourth-order valence-corrected chi connectivity index (χ4v) is 4.97. The minimum absolute atomic E-state index is 0.0843. The minimum atomic E-state index is -0.240. The summed E-state index contributed by atoms with van der Waals surface area (Å²) >= 11 is 3.19. The average Bonchev–Trinajstić information content (AvgIpc) is 3.27. The number of nitrogens with zero attached hydrogens (tertiary/aromatic N) is 1. The number of rotatable bonds is 4. The Hall–Kier alpha value is -2.12. The minimum Gasteiger partial charge on any atom is -0.495 e. The Bertz CT molecular complexity index is 1010. The van der Waals surface area contributed by atoms with Gasteiger partial charge in [0.25, 0.3) is 0 Å². The van der Waals surface area contributed by atoms with E-state index >= 15 is 0 Å². The van der Waals surface area contributed by atoms with Crippen LogP contribution in [0.3, 0.4) is 0 Å². The topological polar surface area (TPSA) is 63.8 Å². The van der Waals surface area contributed by atoms with Crippen molar-refractivity contribution in [3.8, 4) is 5.75 Å². The fraction of sp³-hybridized carbons (Fsp3) is 0.263. The Kier molecular flexibility index (Phi) is 4.82. The third-order valence-corrected chi connectivity index (χ3v) is 6.46. The average molecular weight is 386 g/mol. The van der Waals surface area contributed by atoms with Crippen LogP contribution in [0.25, 0.3) is 21.9 Å². The molecule has 5 nitrogen and oxygen atoms in total. The molecule has 0 saturated heterocycles. The summed E-state index contributed by atoms with van der Waals surface area (Å²) in [5.74, 6) is 1.52. The lowest BCUT2D eigenvalue weighted by molar-refractivity contribution is -0.115. The molecular formula is C19H18N2O3S2. The van der Waals surface area contributed by atoms with Crippen molar-refractivity contribution in [1.29, 1.82) is 0 Å². The molecule has 3 aromatic rings. The number of hydrogen-bond donors (Lipinski definition) is 1. The van der Waals surface area contributed by atoms with E-state index in [2.05, 4.69) is 10.3 Å². The number of benzene rings is 2. The number of hydrogen-bond acceptors (Lipinski definition) is 6. The summed E-state index contributed by atoms with van der Waals surface area (Å²) in [6, 6.07) is 11.6. The molecule has 1 aromatic heterocycles. The summed E-state index contributed by atoms with van der Waals surface area (Å²) in [6.07, 6.45) is 0. The molecular weight excluding hydrogens is 368 g/mol. The predicted octanol–water partition coefficient (Wildman–Crippen LogP) is 4.76. The SMILES string of the molecule is COc1cc2c(cc1NC(=O)[C@@H](C)SC1=NCCS1)oc1ccccc12. The Balaban J connectivity index is 1.62. The van der Waals surface area contributed by atoms with Gasteiger partial charge in [0.15, 0.2) is 0 Å². The third-order valence-electron chi connectivity index (χ3n) is 4.16. The van der Waals surface area contributed by atoms with Gasteiger partial charge in [-0.25, -0.2) is 0 Å². The van der Waals surface area contributed by atoms with E-state index in [1.54, 1.807) is 18.9 Å². The van der Waals surface area contributed by atoms with Crippen molar-refractivity contribution in [2.75, 3.05) is 24.7 Å². The predicted molar refractivity (Wildman–Crippen MR) is 111 cm³/mol. The van der Waals surface area contributed by atoms with Gasteiger partial charge in [-0.1, -0.05) is 41.7 Å². The van der Waals surface area contributed by atoms with E-state index in [9.17, 15) is 4.79 Å². The Morgan fingerprint density at radius 3 is 2.92 bits per heavy atom. The molecule has 134 valence electrons. The monoisotopic (exact) mass is 386 g/mol. The van der Waals surface area contributed by atoms with Gasteiger partial charge in [-0.2, -0.15) is 0 Å². The molecule has 2 aromatic carbocycles. The quantitative estimate of drug-likeness (QED) is 0.700. The van der Waals surface area contributed by atoms with Gasteiger partial charge in [-0.15, -0.1) is 0 Å². The summed E-state index contributed by atoms with van der Waals surface area (Å²) in [6.45, 7) is 2.71. The molecule has 4 rings (SSSR count). The van der Waals surface area contributed by atoms with Crippen molar-refractivity contribution in [2.45, 2.75) is 12.2 Å². The van der Waals surface area contributed by atoms with E-state index in [4.69, 9.17) is 9.15 Å². The van der Waals surface area contributed by atoms with E-state index in [1.165, 1.54) is 11.8 Å². The van der Waals surface area contributed by atoms with Gasteiger partial charge in [0.1, 0.15) is 21.3 Å². The molecule has 0 unspecified atom stereocenters. The number of thioether (sulfide) groups is 2. The van der Waals surface area contributed by atoms with Gasteiger partial charge in [0, 0.05) is 22.6 Å². The van der Waals surface area contributed by atoms with Crippen molar-refractivity contribution >= 4 is 61.4 Å². The lowest BCUT2D eigenvalue weighted by Crippen LogP contribution is -2.23. The number of furan rings is 1. The first-order chi connectivity index (χ1) is 12.7. The van der Waals surface area contributed by atoms with Crippen molar-refractivity contribution in [2.24, 2.45) is 4.99 Å². The van der Waals surface area contributed by atoms with Crippen molar-refractivity contribution in [3.05, 3.63) is 36.4 Å². The lowest BCUT2D eigenvalue weighted by atomic mass is 10.1. The normalized spacial score (nSPS) is 15.2. The van der Waals surface area contributed by atoms with Crippen LogP contribution in [-0.4, -0.2) is 34.9 Å². The molecule has 1 amide bonds. The molecule has 0 aliphatic carbocycles. The second kappa shape index (κ2) is 7.25. The summed E-state index contributed by atoms with van der Waals surface area (Å²) in [5, 5.41) is 4.72. The van der Waals surface area contributed by atoms with Crippen LogP contribution in [0.2, 0.25) is 0 Å². The Morgan fingerprint density at radius 2 is 2.15 bits per heavy atom. The number of methoxy groups -OCH3 is 1. The molecule has 0 bridgehead atoms. The Labute approximate surface area is 159 Å². The molecule has 1 aliphatic rings. The molecule has 0 saturated carbocycles. The van der Waals surface area contributed by atoms with E-state index < -0.39 is 0 Å². The maximum absolute atomic E-state index is 12.6. The molecule has 26 heavy (non-hydrogen) atoms. The Morgan fingerprint density at radius 1 is 1.31 bits per heavy atom. The molecule has 0 fully saturated rings. The van der Waals surface area contributed by atoms with Gasteiger partial charge in [-0.05, 0) is 19.1 Å². The summed E-state index contributed by atoms with van der Waals surface area (Å²) in [7, 11) is 1.60. The highest BCUT2D eigenvalue weighted by Crippen LogP contribution is 2.36. The van der Waals surface area contributed by atoms with Crippen molar-refractivity contribution in [1.82, 2.24) is 0 Å². The summed E-state index contributed by atoms with van der Waals surface area (Å²) in [5.41, 5.74) is 2.14. The number of ether oxygens (including phenoxy) is 1. The highest BCUT2D eigenvalue weighted by atomic mass is 32.2. The van der Waals surface area contributed by atoms with Crippen LogP contribution in [-0.2, 0) is 4.79 Å². The number of para-hydroxylation sites is 1. The number of nitrogens with one attached hydrogen (secondary N) is 1. The van der Waals surface area contributed by atoms with Gasteiger partial charge < -0.3 is 14.5 Å². The standard InChI is InChI=1S/C19H18N2O3S2/c1-11(26-19-20-7-8-25-19)18(22)21-14-10-16-13(9-17(14)23-2)12-5-3-4-6-15(12)24-16/h3-6,9-11H,7-8H2,1-2H3,(H,21,22)/t11-/m1/s1. The van der Waals surface area contributed by atoms with Crippen LogP contribution in [0.15, 0.2) is 45.8 Å². The van der Waals surface area contributed by atoms with Crippen LogP contribution in [0, 0.1) is 0 Å². The fourth-order valence-electron chi connectivity index (χ4n) is 2.84. The number of amides is 1. The molecule has 1 atom stereocenters. The van der Waals surface area contributed by atoms with Gasteiger partial charge >= 0.3 is 0 Å². The zero-order valence-electron chi connectivity index (χ0n) is 14.4. The second-order valence-corrected chi connectivity index (χ2v) is 8.56. The highest BCUT2D eigenvalue weighted by Gasteiger charge is 2.21. The molecule has 0 spiro atoms. The molecule has 1 N–H and O–H groups in total. The lowest BCUT2D eigenvalue weighted by Gasteiger charge is -2.14. The maximum atomic E-state index is 12.6. The van der Waals surface area contributed by atoms with Crippen molar-refractivity contribution < 1.29 is 13.9 Å². The maximum Gasteiger partial charge on any atom is 0.237 e. The molecule has 2 heterocycles. The van der Waals surface area contributed by atoms with Crippen LogP contribution in [0.1, 0.15) is 6.92 Å². The highest BCUT2D eigenvalue weighted by molar-refractivity contribution is 8.39. The number of fused-ring (bicyclic) bond motifs is 3. The van der Waals surface area contributed by atoms with E-state index in [0.717, 1.165) is 38.6 Å². The van der Waals surface area contributed by atoms with E-state index in [0.29, 0.717) is 11.4 Å². The number of aliphatic imine (C=N–C) groups is 1. The van der Waals surface area contributed by atoms with Crippen LogP contribution in [0.4, 0.5) is 5.69 Å². The molecule has 0 radical (unpaired) electrons. The number of carbonyl (C=O) groups excluding carboxylic acids is 1. The van der Waals surface area contributed by atoms with Gasteiger partial charge in [0.2, 0.25) is 5.91 Å². The van der Waals surface area contributed by atoms with Crippen LogP contribution >= 0.6 is 23.5 Å². The zero-order chi connectivity index (χ0) is 18.1. The van der Waals surface area contributed by atoms with E-state index in [1.807, 2.05) is 43.3 Å². The van der Waals surface area contributed by atoms with E-state index in [-0.39, 0.29) is 11.2 Å². The third kappa shape index (κ3) is 3.29. The first-order valence-corrected chi connectivity index (χ1v) is 10.2. The second-order valence-electron chi connectivity index (χ2n) is 5.89. The number of carbonyl (C=O) groups is 1. The molecule has 1 aliphatic heterocycles. The van der Waals surface area contributed by atoms with Crippen molar-refractivity contribution in [3.63, 3.8) is 0 Å². The largest absolute Gasteiger partial charge is 0.495 e. The van der Waals surface area contributed by atoms with Crippen LogP contribution in [0.5, 0.6) is 5.75 Å². The van der Waals surface area contributed by atoms with Crippen LogP contribution < -0.4 is 10.1 Å². The van der Waals surface area contributed by atoms with Gasteiger partial charge in [0.05, 0.1) is 24.6 Å². The number of anilines is 1. The first kappa shape index (κ1) is 17.3.